The Morgan fingerprint density at radius 3 is 2.04 bits per heavy atom. The minimum atomic E-state index is -3.59. The van der Waals surface area contributed by atoms with Gasteiger partial charge in [0.2, 0.25) is 10.0 Å². The van der Waals surface area contributed by atoms with Gasteiger partial charge in [0.05, 0.1) is 4.90 Å². The van der Waals surface area contributed by atoms with Gasteiger partial charge in [-0.05, 0) is 75.4 Å². The van der Waals surface area contributed by atoms with Gasteiger partial charge in [-0.25, -0.2) is 18.1 Å². The quantitative estimate of drug-likeness (QED) is 0.802. The second-order valence-corrected chi connectivity index (χ2v) is 8.31. The van der Waals surface area contributed by atoms with Gasteiger partial charge in [-0.2, -0.15) is 0 Å². The zero-order valence-corrected chi connectivity index (χ0v) is 17.4. The van der Waals surface area contributed by atoms with Crippen molar-refractivity contribution in [3.05, 3.63) is 52.2 Å². The van der Waals surface area contributed by atoms with Crippen LogP contribution in [0.3, 0.4) is 0 Å². The Bertz CT molecular complexity index is 845. The first-order valence-corrected chi connectivity index (χ1v) is 10.5. The van der Waals surface area contributed by atoms with Gasteiger partial charge in [0.1, 0.15) is 5.82 Å². The average Bonchev–Trinajstić information content (AvgIpc) is 2.60. The highest BCUT2D eigenvalue weighted by molar-refractivity contribution is 7.89. The summed E-state index contributed by atoms with van der Waals surface area (Å²) in [5, 5.41) is 0. The minimum absolute atomic E-state index is 0.222. The Hall–Kier alpha value is -1.92. The molecule has 6 heteroatoms. The molecule has 0 aliphatic heterocycles. The first-order chi connectivity index (χ1) is 12.2. The Balaban J connectivity index is 2.22. The molecule has 0 saturated heterocycles. The Morgan fingerprint density at radius 2 is 1.58 bits per heavy atom. The van der Waals surface area contributed by atoms with Crippen LogP contribution in [0.5, 0.6) is 0 Å². The van der Waals surface area contributed by atoms with Crippen molar-refractivity contribution in [3.8, 4) is 0 Å². The molecule has 26 heavy (non-hydrogen) atoms. The molecule has 0 aliphatic rings. The van der Waals surface area contributed by atoms with Crippen molar-refractivity contribution in [2.75, 3.05) is 18.0 Å². The summed E-state index contributed by atoms with van der Waals surface area (Å²) in [6.07, 6.45) is 1.73. The molecule has 0 saturated carbocycles. The maximum absolute atomic E-state index is 12.9. The minimum Gasteiger partial charge on any atom is -0.357 e. The number of sulfonamides is 1. The van der Waals surface area contributed by atoms with Gasteiger partial charge >= 0.3 is 0 Å². The second kappa shape index (κ2) is 8.18. The topological polar surface area (TPSA) is 62.3 Å². The summed E-state index contributed by atoms with van der Waals surface area (Å²) >= 11 is 0. The van der Waals surface area contributed by atoms with Crippen molar-refractivity contribution in [2.45, 2.75) is 53.0 Å². The van der Waals surface area contributed by atoms with E-state index in [4.69, 9.17) is 0 Å². The lowest BCUT2D eigenvalue weighted by molar-refractivity contribution is 0.579. The van der Waals surface area contributed by atoms with E-state index < -0.39 is 10.0 Å². The van der Waals surface area contributed by atoms with Crippen LogP contribution in [0.4, 0.5) is 5.82 Å². The van der Waals surface area contributed by atoms with Gasteiger partial charge in [0, 0.05) is 25.8 Å². The van der Waals surface area contributed by atoms with Crippen LogP contribution in [0.25, 0.3) is 0 Å². The number of aromatic nitrogens is 1. The molecule has 142 valence electrons. The van der Waals surface area contributed by atoms with Crippen molar-refractivity contribution >= 4 is 15.8 Å². The van der Waals surface area contributed by atoms with Gasteiger partial charge in [-0.15, -0.1) is 0 Å². The molecule has 1 heterocycles. The number of anilines is 1. The number of aryl methyl sites for hydroxylation is 2. The van der Waals surface area contributed by atoms with Crippen LogP contribution in [-0.2, 0) is 16.6 Å². The summed E-state index contributed by atoms with van der Waals surface area (Å²) < 4.78 is 28.5. The van der Waals surface area contributed by atoms with Crippen molar-refractivity contribution in [3.63, 3.8) is 0 Å². The molecule has 0 radical (unpaired) electrons. The standard InChI is InChI=1S/C20H29N3O2S/c1-7-23(8-2)19-10-9-18(12-21-19)13-22-26(24,25)20-16(5)14(3)11-15(4)17(20)6/h9-12,22H,7-8,13H2,1-6H3. The van der Waals surface area contributed by atoms with Crippen LogP contribution in [-0.4, -0.2) is 26.5 Å². The van der Waals surface area contributed by atoms with Gasteiger partial charge in [0.25, 0.3) is 0 Å². The normalized spacial score (nSPS) is 11.6. The number of rotatable bonds is 7. The molecule has 0 fully saturated rings. The van der Waals surface area contributed by atoms with Crippen LogP contribution in [0, 0.1) is 27.7 Å². The predicted octanol–water partition coefficient (Wildman–Crippen LogP) is 3.64. The van der Waals surface area contributed by atoms with E-state index >= 15 is 0 Å². The highest BCUT2D eigenvalue weighted by Crippen LogP contribution is 2.26. The molecule has 0 atom stereocenters. The second-order valence-electron chi connectivity index (χ2n) is 6.61. The average molecular weight is 376 g/mol. The molecule has 0 bridgehead atoms. The van der Waals surface area contributed by atoms with E-state index in [-0.39, 0.29) is 6.54 Å². The Labute approximate surface area is 157 Å². The molecule has 1 aromatic carbocycles. The van der Waals surface area contributed by atoms with Crippen molar-refractivity contribution in [1.29, 1.82) is 0 Å². The van der Waals surface area contributed by atoms with E-state index in [1.54, 1.807) is 6.20 Å². The number of pyridine rings is 1. The zero-order chi connectivity index (χ0) is 19.5. The summed E-state index contributed by atoms with van der Waals surface area (Å²) in [6, 6.07) is 5.88. The SMILES string of the molecule is CCN(CC)c1ccc(CNS(=O)(=O)c2c(C)c(C)cc(C)c2C)cn1. The molecule has 1 aromatic heterocycles. The van der Waals surface area contributed by atoms with E-state index in [0.29, 0.717) is 4.90 Å². The molecule has 1 N–H and O–H groups in total. The summed E-state index contributed by atoms with van der Waals surface area (Å²) in [5.41, 5.74) is 4.41. The fourth-order valence-corrected chi connectivity index (χ4v) is 4.72. The van der Waals surface area contributed by atoms with Crippen molar-refractivity contribution < 1.29 is 8.42 Å². The van der Waals surface area contributed by atoms with Crippen LogP contribution < -0.4 is 9.62 Å². The molecular formula is C20H29N3O2S. The maximum atomic E-state index is 12.9. The third-order valence-electron chi connectivity index (χ3n) is 4.93. The summed E-state index contributed by atoms with van der Waals surface area (Å²) in [5.74, 6) is 0.905. The molecular weight excluding hydrogens is 346 g/mol. The number of hydrogen-bond donors (Lipinski definition) is 1. The first kappa shape index (κ1) is 20.4. The zero-order valence-electron chi connectivity index (χ0n) is 16.5. The van der Waals surface area contributed by atoms with E-state index in [2.05, 4.69) is 28.5 Å². The molecule has 0 unspecified atom stereocenters. The molecule has 2 aromatic rings. The van der Waals surface area contributed by atoms with Crippen LogP contribution in [0.15, 0.2) is 29.3 Å². The largest absolute Gasteiger partial charge is 0.357 e. The van der Waals surface area contributed by atoms with E-state index in [0.717, 1.165) is 46.7 Å². The molecule has 0 aliphatic carbocycles. The summed E-state index contributed by atoms with van der Waals surface area (Å²) in [7, 11) is -3.59. The number of nitrogens with zero attached hydrogens (tertiary/aromatic N) is 2. The van der Waals surface area contributed by atoms with Gasteiger partial charge < -0.3 is 4.90 Å². The van der Waals surface area contributed by atoms with Gasteiger partial charge in [-0.1, -0.05) is 12.1 Å². The maximum Gasteiger partial charge on any atom is 0.241 e. The van der Waals surface area contributed by atoms with Gasteiger partial charge in [-0.3, -0.25) is 0 Å². The lowest BCUT2D eigenvalue weighted by Gasteiger charge is -2.20. The van der Waals surface area contributed by atoms with Crippen LogP contribution in [0.1, 0.15) is 41.7 Å². The Morgan fingerprint density at radius 1 is 1.00 bits per heavy atom. The first-order valence-electron chi connectivity index (χ1n) is 8.98. The highest BCUT2D eigenvalue weighted by atomic mass is 32.2. The van der Waals surface area contributed by atoms with Gasteiger partial charge in [0.15, 0.2) is 0 Å². The van der Waals surface area contributed by atoms with Crippen molar-refractivity contribution in [1.82, 2.24) is 9.71 Å². The fourth-order valence-electron chi connectivity index (χ4n) is 3.09. The van der Waals surface area contributed by atoms with Crippen molar-refractivity contribution in [2.24, 2.45) is 0 Å². The third-order valence-corrected chi connectivity index (χ3v) is 6.60. The molecule has 0 amide bonds. The molecule has 0 spiro atoms. The number of benzene rings is 1. The Kier molecular flexibility index (Phi) is 6.42. The smallest absolute Gasteiger partial charge is 0.241 e. The summed E-state index contributed by atoms with van der Waals surface area (Å²) in [4.78, 5) is 6.99. The van der Waals surface area contributed by atoms with E-state index in [1.165, 1.54) is 0 Å². The lowest BCUT2D eigenvalue weighted by Crippen LogP contribution is -2.26. The van der Waals surface area contributed by atoms with E-state index in [9.17, 15) is 8.42 Å². The summed E-state index contributed by atoms with van der Waals surface area (Å²) in [6.45, 7) is 13.8. The highest BCUT2D eigenvalue weighted by Gasteiger charge is 2.21. The van der Waals surface area contributed by atoms with Crippen LogP contribution >= 0.6 is 0 Å². The number of hydrogen-bond acceptors (Lipinski definition) is 4. The lowest BCUT2D eigenvalue weighted by atomic mass is 10.0. The fraction of sp³-hybridized carbons (Fsp3) is 0.450. The van der Waals surface area contributed by atoms with E-state index in [1.807, 2.05) is 45.9 Å². The molecule has 5 nitrogen and oxygen atoms in total. The predicted molar refractivity (Wildman–Crippen MR) is 107 cm³/mol. The molecule has 2 rings (SSSR count). The van der Waals surface area contributed by atoms with Crippen LogP contribution in [0.2, 0.25) is 0 Å². The third kappa shape index (κ3) is 4.24. The monoisotopic (exact) mass is 375 g/mol. The number of nitrogens with one attached hydrogen (secondary N) is 1.